The Hall–Kier alpha value is -3.16. The molecule has 0 radical (unpaired) electrons. The van der Waals surface area contributed by atoms with Crippen molar-refractivity contribution >= 4 is 5.52 Å². The first-order valence-corrected chi connectivity index (χ1v) is 9.78. The van der Waals surface area contributed by atoms with E-state index in [1.807, 2.05) is 42.0 Å². The zero-order valence-corrected chi connectivity index (χ0v) is 16.3. The summed E-state index contributed by atoms with van der Waals surface area (Å²) in [5, 5.41) is 8.78. The number of aryl methyl sites for hydroxylation is 1. The fourth-order valence-electron chi connectivity index (χ4n) is 3.78. The van der Waals surface area contributed by atoms with E-state index in [4.69, 9.17) is 4.74 Å². The second-order valence-electron chi connectivity index (χ2n) is 7.33. The molecule has 0 aliphatic carbocycles. The minimum Gasteiger partial charge on any atom is -0.369 e. The molecule has 7 nitrogen and oxygen atoms in total. The van der Waals surface area contributed by atoms with Crippen LogP contribution < -0.4 is 0 Å². The second kappa shape index (κ2) is 7.69. The summed E-state index contributed by atoms with van der Waals surface area (Å²) in [4.78, 5) is 11.2. The second-order valence-corrected chi connectivity index (χ2v) is 7.33. The molecule has 4 aromatic rings. The predicted molar refractivity (Wildman–Crippen MR) is 109 cm³/mol. The Morgan fingerprint density at radius 1 is 1.10 bits per heavy atom. The van der Waals surface area contributed by atoms with Gasteiger partial charge in [0, 0.05) is 55.0 Å². The largest absolute Gasteiger partial charge is 0.369 e. The van der Waals surface area contributed by atoms with Gasteiger partial charge in [0.25, 0.3) is 0 Å². The van der Waals surface area contributed by atoms with Gasteiger partial charge in [-0.25, -0.2) is 4.52 Å². The molecular formula is C22H22N6O. The molecule has 4 aromatic heterocycles. The third kappa shape index (κ3) is 3.74. The minimum atomic E-state index is -0.102. The highest BCUT2D eigenvalue weighted by Crippen LogP contribution is 2.27. The Balaban J connectivity index is 1.37. The summed E-state index contributed by atoms with van der Waals surface area (Å²) < 4.78 is 7.87. The van der Waals surface area contributed by atoms with Crippen LogP contribution in [-0.2, 0) is 11.3 Å². The molecule has 0 spiro atoms. The summed E-state index contributed by atoms with van der Waals surface area (Å²) in [6, 6.07) is 14.3. The molecule has 29 heavy (non-hydrogen) atoms. The SMILES string of the molecule is Cc1cccc(CN2CCO[C@H](c3nnn4cc(-c5cccnc5)ccc34)C2)n1. The lowest BCUT2D eigenvalue weighted by molar-refractivity contribution is -0.0346. The molecule has 1 aliphatic heterocycles. The van der Waals surface area contributed by atoms with Gasteiger partial charge in [0.2, 0.25) is 0 Å². The van der Waals surface area contributed by atoms with Crippen LogP contribution in [0.1, 0.15) is 23.2 Å². The zero-order valence-electron chi connectivity index (χ0n) is 16.3. The van der Waals surface area contributed by atoms with Crippen LogP contribution in [0.4, 0.5) is 0 Å². The number of morpholine rings is 1. The van der Waals surface area contributed by atoms with Crippen LogP contribution in [0.25, 0.3) is 16.6 Å². The zero-order chi connectivity index (χ0) is 19.6. The first-order valence-electron chi connectivity index (χ1n) is 9.78. The number of ether oxygens (including phenoxy) is 1. The smallest absolute Gasteiger partial charge is 0.121 e. The number of fused-ring (bicyclic) bond motifs is 1. The Bertz CT molecular complexity index is 1130. The molecule has 0 saturated carbocycles. The van der Waals surface area contributed by atoms with Crippen LogP contribution in [0.5, 0.6) is 0 Å². The molecule has 5 rings (SSSR count). The van der Waals surface area contributed by atoms with Gasteiger partial charge < -0.3 is 4.74 Å². The molecule has 5 heterocycles. The van der Waals surface area contributed by atoms with Gasteiger partial charge in [-0.3, -0.25) is 14.9 Å². The van der Waals surface area contributed by atoms with Crippen molar-refractivity contribution < 1.29 is 4.74 Å². The highest BCUT2D eigenvalue weighted by atomic mass is 16.5. The van der Waals surface area contributed by atoms with Gasteiger partial charge in [0.1, 0.15) is 11.8 Å². The maximum atomic E-state index is 6.05. The fourth-order valence-corrected chi connectivity index (χ4v) is 3.78. The Morgan fingerprint density at radius 2 is 2.07 bits per heavy atom. The van der Waals surface area contributed by atoms with Crippen molar-refractivity contribution in [3.8, 4) is 11.1 Å². The molecule has 1 fully saturated rings. The molecule has 0 amide bonds. The third-order valence-electron chi connectivity index (χ3n) is 5.22. The molecular weight excluding hydrogens is 364 g/mol. The predicted octanol–water partition coefficient (Wildman–Crippen LogP) is 3.07. The van der Waals surface area contributed by atoms with Crippen LogP contribution >= 0.6 is 0 Å². The van der Waals surface area contributed by atoms with Gasteiger partial charge in [-0.05, 0) is 31.2 Å². The number of rotatable bonds is 4. The number of pyridine rings is 3. The first kappa shape index (κ1) is 17.9. The van der Waals surface area contributed by atoms with E-state index in [-0.39, 0.29) is 6.10 Å². The Morgan fingerprint density at radius 3 is 2.93 bits per heavy atom. The lowest BCUT2D eigenvalue weighted by Crippen LogP contribution is -2.38. The van der Waals surface area contributed by atoms with Gasteiger partial charge >= 0.3 is 0 Å². The molecule has 1 aliphatic rings. The lowest BCUT2D eigenvalue weighted by atomic mass is 10.1. The van der Waals surface area contributed by atoms with Crippen molar-refractivity contribution in [1.82, 2.24) is 29.7 Å². The summed E-state index contributed by atoms with van der Waals surface area (Å²) in [7, 11) is 0. The van der Waals surface area contributed by atoms with E-state index in [1.165, 1.54) is 0 Å². The van der Waals surface area contributed by atoms with Crippen LogP contribution in [0.2, 0.25) is 0 Å². The van der Waals surface area contributed by atoms with E-state index in [0.29, 0.717) is 6.61 Å². The summed E-state index contributed by atoms with van der Waals surface area (Å²) in [5.41, 5.74) is 6.08. The van der Waals surface area contributed by atoms with Crippen LogP contribution in [0.3, 0.4) is 0 Å². The van der Waals surface area contributed by atoms with E-state index in [2.05, 4.69) is 49.4 Å². The van der Waals surface area contributed by atoms with Crippen molar-refractivity contribution in [2.45, 2.75) is 19.6 Å². The molecule has 7 heteroatoms. The first-order chi connectivity index (χ1) is 14.3. The van der Waals surface area contributed by atoms with E-state index in [9.17, 15) is 0 Å². The summed E-state index contributed by atoms with van der Waals surface area (Å²) in [6.45, 7) is 5.16. The average Bonchev–Trinajstić information content (AvgIpc) is 3.18. The number of hydrogen-bond acceptors (Lipinski definition) is 6. The topological polar surface area (TPSA) is 68.4 Å². The van der Waals surface area contributed by atoms with Gasteiger partial charge in [0.05, 0.1) is 17.8 Å². The van der Waals surface area contributed by atoms with Crippen molar-refractivity contribution in [1.29, 1.82) is 0 Å². The van der Waals surface area contributed by atoms with Crippen LogP contribution in [0.15, 0.2) is 61.1 Å². The Kier molecular flexibility index (Phi) is 4.75. The van der Waals surface area contributed by atoms with Gasteiger partial charge in [-0.2, -0.15) is 0 Å². The number of aromatic nitrogens is 5. The monoisotopic (exact) mass is 386 g/mol. The minimum absolute atomic E-state index is 0.102. The molecule has 0 aromatic carbocycles. The maximum Gasteiger partial charge on any atom is 0.121 e. The average molecular weight is 386 g/mol. The van der Waals surface area contributed by atoms with Gasteiger partial charge in [-0.15, -0.1) is 5.10 Å². The van der Waals surface area contributed by atoms with Gasteiger partial charge in [0.15, 0.2) is 0 Å². The summed E-state index contributed by atoms with van der Waals surface area (Å²) >= 11 is 0. The third-order valence-corrected chi connectivity index (χ3v) is 5.22. The summed E-state index contributed by atoms with van der Waals surface area (Å²) in [6.07, 6.45) is 5.50. The van der Waals surface area contributed by atoms with E-state index < -0.39 is 0 Å². The number of hydrogen-bond donors (Lipinski definition) is 0. The Labute approximate surface area is 169 Å². The maximum absolute atomic E-state index is 6.05. The normalized spacial score (nSPS) is 17.6. The highest BCUT2D eigenvalue weighted by Gasteiger charge is 2.26. The number of nitrogens with zero attached hydrogens (tertiary/aromatic N) is 6. The van der Waals surface area contributed by atoms with Crippen LogP contribution in [-0.4, -0.2) is 49.4 Å². The quantitative estimate of drug-likeness (QED) is 0.537. The molecule has 0 N–H and O–H groups in total. The van der Waals surface area contributed by atoms with Gasteiger partial charge in [-0.1, -0.05) is 23.4 Å². The molecule has 0 unspecified atom stereocenters. The standard InChI is InChI=1S/C22H22N6O/c1-16-4-2-6-19(24-16)14-27-10-11-29-21(15-27)22-20-8-7-18(13-28(20)26-25-22)17-5-3-9-23-12-17/h2-9,12-13,21H,10-11,14-15H2,1H3/t21-/m0/s1. The molecule has 1 atom stereocenters. The van der Waals surface area contributed by atoms with Crippen molar-refractivity contribution in [2.24, 2.45) is 0 Å². The fraction of sp³-hybridized carbons (Fsp3) is 0.273. The summed E-state index contributed by atoms with van der Waals surface area (Å²) in [5.74, 6) is 0. The molecule has 146 valence electrons. The van der Waals surface area contributed by atoms with E-state index in [1.54, 1.807) is 6.20 Å². The van der Waals surface area contributed by atoms with E-state index in [0.717, 1.165) is 53.4 Å². The van der Waals surface area contributed by atoms with Crippen LogP contribution in [0, 0.1) is 6.92 Å². The van der Waals surface area contributed by atoms with E-state index >= 15 is 0 Å². The lowest BCUT2D eigenvalue weighted by Gasteiger charge is -2.31. The molecule has 1 saturated heterocycles. The van der Waals surface area contributed by atoms with Crippen molar-refractivity contribution in [3.05, 3.63) is 78.1 Å². The van der Waals surface area contributed by atoms with Crippen molar-refractivity contribution in [2.75, 3.05) is 19.7 Å². The molecule has 0 bridgehead atoms. The van der Waals surface area contributed by atoms with Crippen molar-refractivity contribution in [3.63, 3.8) is 0 Å². The highest BCUT2D eigenvalue weighted by molar-refractivity contribution is 5.65.